The first-order valence-corrected chi connectivity index (χ1v) is 4.82. The molecule has 0 amide bonds. The van der Waals surface area contributed by atoms with Crippen molar-refractivity contribution in [2.75, 3.05) is 53.5 Å². The van der Waals surface area contributed by atoms with Crippen LogP contribution < -0.4 is 0 Å². The van der Waals surface area contributed by atoms with Crippen molar-refractivity contribution >= 4 is 0 Å². The van der Waals surface area contributed by atoms with Gasteiger partial charge in [-0.3, -0.25) is 4.90 Å². The van der Waals surface area contributed by atoms with Gasteiger partial charge in [-0.1, -0.05) is 0 Å². The van der Waals surface area contributed by atoms with E-state index >= 15 is 0 Å². The molecule has 0 spiro atoms. The molecule has 0 aromatic carbocycles. The van der Waals surface area contributed by atoms with E-state index in [1.807, 2.05) is 0 Å². The Kier molecular flexibility index (Phi) is 4.66. The summed E-state index contributed by atoms with van der Waals surface area (Å²) in [5.41, 5.74) is 0. The average molecular weight is 188 g/mol. The summed E-state index contributed by atoms with van der Waals surface area (Å²) in [5.74, 6) is 0. The predicted molar refractivity (Wildman–Crippen MR) is 51.8 cm³/mol. The first kappa shape index (κ1) is 10.9. The molecule has 4 nitrogen and oxygen atoms in total. The van der Waals surface area contributed by atoms with Gasteiger partial charge >= 0.3 is 0 Å². The number of morpholine rings is 1. The molecule has 0 aliphatic carbocycles. The van der Waals surface area contributed by atoms with Crippen LogP contribution in [0.25, 0.3) is 0 Å². The summed E-state index contributed by atoms with van der Waals surface area (Å²) in [5, 5.41) is 8.92. The Morgan fingerprint density at radius 3 is 2.92 bits per heavy atom. The third kappa shape index (κ3) is 4.04. The maximum atomic E-state index is 8.92. The molecule has 0 aromatic heterocycles. The van der Waals surface area contributed by atoms with Gasteiger partial charge in [0.05, 0.1) is 19.3 Å². The highest BCUT2D eigenvalue weighted by molar-refractivity contribution is 4.70. The van der Waals surface area contributed by atoms with Crippen molar-refractivity contribution in [1.29, 1.82) is 0 Å². The van der Waals surface area contributed by atoms with Crippen LogP contribution in [0.3, 0.4) is 0 Å². The summed E-state index contributed by atoms with van der Waals surface area (Å²) in [4.78, 5) is 4.51. The minimum absolute atomic E-state index is 0.0240. The van der Waals surface area contributed by atoms with Crippen LogP contribution in [0.4, 0.5) is 0 Å². The normalized spacial score (nSPS) is 25.4. The van der Waals surface area contributed by atoms with E-state index < -0.39 is 0 Å². The summed E-state index contributed by atoms with van der Waals surface area (Å²) in [7, 11) is 4.15. The van der Waals surface area contributed by atoms with Gasteiger partial charge in [0.1, 0.15) is 0 Å². The van der Waals surface area contributed by atoms with Gasteiger partial charge < -0.3 is 14.7 Å². The third-order valence-corrected chi connectivity index (χ3v) is 2.29. The standard InChI is InChI=1S/C9H20N2O2/c1-10(2)3-4-11-5-6-13-9(7-11)8-12/h9,12H,3-8H2,1-2H3. The zero-order valence-corrected chi connectivity index (χ0v) is 8.57. The molecule has 1 rings (SSSR count). The van der Waals surface area contributed by atoms with Gasteiger partial charge in [-0.15, -0.1) is 0 Å². The predicted octanol–water partition coefficient (Wildman–Crippen LogP) is -0.759. The molecular weight excluding hydrogens is 168 g/mol. The SMILES string of the molecule is CN(C)CCN1CCOC(CO)C1. The second kappa shape index (κ2) is 5.54. The van der Waals surface area contributed by atoms with Crippen LogP contribution in [-0.4, -0.2) is 74.5 Å². The molecule has 1 unspecified atom stereocenters. The van der Waals surface area contributed by atoms with Gasteiger partial charge in [0, 0.05) is 26.2 Å². The Morgan fingerprint density at radius 2 is 2.31 bits per heavy atom. The van der Waals surface area contributed by atoms with E-state index in [0.717, 1.165) is 32.8 Å². The van der Waals surface area contributed by atoms with Gasteiger partial charge in [-0.05, 0) is 14.1 Å². The zero-order chi connectivity index (χ0) is 9.68. The number of nitrogens with zero attached hydrogens (tertiary/aromatic N) is 2. The number of likely N-dealkylation sites (N-methyl/N-ethyl adjacent to an activating group) is 1. The number of hydrogen-bond acceptors (Lipinski definition) is 4. The van der Waals surface area contributed by atoms with E-state index in [2.05, 4.69) is 23.9 Å². The third-order valence-electron chi connectivity index (χ3n) is 2.29. The molecule has 0 saturated carbocycles. The van der Waals surface area contributed by atoms with Crippen LogP contribution in [0, 0.1) is 0 Å². The van der Waals surface area contributed by atoms with Crippen molar-refractivity contribution in [2.24, 2.45) is 0 Å². The largest absolute Gasteiger partial charge is 0.394 e. The van der Waals surface area contributed by atoms with E-state index in [1.54, 1.807) is 0 Å². The van der Waals surface area contributed by atoms with Crippen molar-refractivity contribution in [2.45, 2.75) is 6.10 Å². The lowest BCUT2D eigenvalue weighted by Crippen LogP contribution is -2.46. The first-order valence-electron chi connectivity index (χ1n) is 4.82. The summed E-state index contributed by atoms with van der Waals surface area (Å²) >= 11 is 0. The van der Waals surface area contributed by atoms with Gasteiger partial charge in [-0.25, -0.2) is 0 Å². The van der Waals surface area contributed by atoms with Crippen LogP contribution in [-0.2, 0) is 4.74 Å². The molecule has 1 saturated heterocycles. The van der Waals surface area contributed by atoms with Crippen LogP contribution >= 0.6 is 0 Å². The summed E-state index contributed by atoms with van der Waals surface area (Å²) in [6.45, 7) is 4.87. The Balaban J connectivity index is 2.18. The average Bonchev–Trinajstić information content (AvgIpc) is 2.15. The lowest BCUT2D eigenvalue weighted by Gasteiger charge is -2.32. The Bertz CT molecular complexity index is 142. The Morgan fingerprint density at radius 1 is 1.54 bits per heavy atom. The second-order valence-electron chi connectivity index (χ2n) is 3.78. The minimum Gasteiger partial charge on any atom is -0.394 e. The van der Waals surface area contributed by atoms with Crippen LogP contribution in [0.1, 0.15) is 0 Å². The van der Waals surface area contributed by atoms with Gasteiger partial charge in [0.2, 0.25) is 0 Å². The van der Waals surface area contributed by atoms with Crippen molar-refractivity contribution in [1.82, 2.24) is 9.80 Å². The smallest absolute Gasteiger partial charge is 0.0932 e. The molecule has 1 fully saturated rings. The highest BCUT2D eigenvalue weighted by atomic mass is 16.5. The van der Waals surface area contributed by atoms with Gasteiger partial charge in [-0.2, -0.15) is 0 Å². The van der Waals surface area contributed by atoms with Crippen LogP contribution in [0.15, 0.2) is 0 Å². The molecule has 1 aliphatic heterocycles. The van der Waals surface area contributed by atoms with Crippen molar-refractivity contribution in [3.05, 3.63) is 0 Å². The summed E-state index contributed by atoms with van der Waals surface area (Å²) in [6, 6.07) is 0. The van der Waals surface area contributed by atoms with Crippen molar-refractivity contribution in [3.63, 3.8) is 0 Å². The minimum atomic E-state index is 0.0240. The summed E-state index contributed by atoms with van der Waals surface area (Å²) < 4.78 is 5.36. The molecule has 1 heterocycles. The number of rotatable bonds is 4. The Hall–Kier alpha value is -0.160. The second-order valence-corrected chi connectivity index (χ2v) is 3.78. The highest BCUT2D eigenvalue weighted by Gasteiger charge is 2.18. The number of ether oxygens (including phenoxy) is 1. The molecule has 78 valence electrons. The lowest BCUT2D eigenvalue weighted by molar-refractivity contribution is -0.0535. The molecule has 1 atom stereocenters. The van der Waals surface area contributed by atoms with Crippen molar-refractivity contribution < 1.29 is 9.84 Å². The van der Waals surface area contributed by atoms with E-state index in [0.29, 0.717) is 0 Å². The fourth-order valence-electron chi connectivity index (χ4n) is 1.44. The quantitative estimate of drug-likeness (QED) is 0.629. The highest BCUT2D eigenvalue weighted by Crippen LogP contribution is 2.03. The van der Waals surface area contributed by atoms with Crippen molar-refractivity contribution in [3.8, 4) is 0 Å². The molecule has 0 radical (unpaired) electrons. The maximum absolute atomic E-state index is 8.92. The number of aliphatic hydroxyl groups excluding tert-OH is 1. The molecule has 1 N–H and O–H groups in total. The molecular formula is C9H20N2O2. The first-order chi connectivity index (χ1) is 6.22. The Labute approximate surface area is 80.1 Å². The number of aliphatic hydroxyl groups is 1. The lowest BCUT2D eigenvalue weighted by atomic mass is 10.3. The summed E-state index contributed by atoms with van der Waals surface area (Å²) in [6.07, 6.45) is 0.0240. The fraction of sp³-hybridized carbons (Fsp3) is 1.00. The molecule has 0 bridgehead atoms. The molecule has 4 heteroatoms. The van der Waals surface area contributed by atoms with Crippen LogP contribution in [0.2, 0.25) is 0 Å². The monoisotopic (exact) mass is 188 g/mol. The maximum Gasteiger partial charge on any atom is 0.0932 e. The van der Waals surface area contributed by atoms with Gasteiger partial charge in [0.25, 0.3) is 0 Å². The van der Waals surface area contributed by atoms with E-state index in [4.69, 9.17) is 9.84 Å². The fourth-order valence-corrected chi connectivity index (χ4v) is 1.44. The zero-order valence-electron chi connectivity index (χ0n) is 8.57. The molecule has 13 heavy (non-hydrogen) atoms. The van der Waals surface area contributed by atoms with Gasteiger partial charge in [0.15, 0.2) is 0 Å². The molecule has 0 aromatic rings. The molecule has 1 aliphatic rings. The van der Waals surface area contributed by atoms with E-state index in [9.17, 15) is 0 Å². The van der Waals surface area contributed by atoms with Crippen LogP contribution in [0.5, 0.6) is 0 Å². The van der Waals surface area contributed by atoms with E-state index in [-0.39, 0.29) is 12.7 Å². The number of hydrogen-bond donors (Lipinski definition) is 1. The topological polar surface area (TPSA) is 35.9 Å². The van der Waals surface area contributed by atoms with E-state index in [1.165, 1.54) is 0 Å².